The highest BCUT2D eigenvalue weighted by Crippen LogP contribution is 2.06. The van der Waals surface area contributed by atoms with Gasteiger partial charge in [-0.2, -0.15) is 0 Å². The zero-order chi connectivity index (χ0) is 11.1. The highest BCUT2D eigenvalue weighted by atomic mass is 16.5. The molecule has 0 amide bonds. The predicted molar refractivity (Wildman–Crippen MR) is 57.3 cm³/mol. The predicted octanol–water partition coefficient (Wildman–Crippen LogP) is 1.61. The van der Waals surface area contributed by atoms with E-state index in [9.17, 15) is 9.59 Å². The van der Waals surface area contributed by atoms with Gasteiger partial charge in [0, 0.05) is 12.5 Å². The van der Waals surface area contributed by atoms with Gasteiger partial charge in [-0.05, 0) is 17.2 Å². The molecule has 0 unspecified atom stereocenters. The minimum atomic E-state index is -0.382. The zero-order valence-electron chi connectivity index (χ0n) is 8.47. The van der Waals surface area contributed by atoms with Crippen LogP contribution in [0.3, 0.4) is 0 Å². The molecule has 1 rings (SSSR count). The fourth-order valence-electron chi connectivity index (χ4n) is 1.09. The average Bonchev–Trinajstić information content (AvgIpc) is 2.28. The Bertz CT molecular complexity index is 363. The lowest BCUT2D eigenvalue weighted by Crippen LogP contribution is -1.93. The number of ether oxygens (including phenoxy) is 1. The van der Waals surface area contributed by atoms with Crippen LogP contribution in [-0.4, -0.2) is 19.4 Å². The van der Waals surface area contributed by atoms with Crippen molar-refractivity contribution in [3.05, 3.63) is 41.5 Å². The molecule has 0 aromatic heterocycles. The Morgan fingerprint density at radius 2 is 2.00 bits per heavy atom. The molecule has 3 heteroatoms. The molecule has 0 aliphatic carbocycles. The normalized spacial score (nSPS) is 10.2. The van der Waals surface area contributed by atoms with Crippen molar-refractivity contribution in [1.29, 1.82) is 0 Å². The molecule has 0 fully saturated rings. The number of aldehydes is 1. The van der Waals surface area contributed by atoms with E-state index in [4.69, 9.17) is 0 Å². The Morgan fingerprint density at radius 3 is 2.53 bits per heavy atom. The monoisotopic (exact) mass is 204 g/mol. The average molecular weight is 204 g/mol. The second-order valence-electron chi connectivity index (χ2n) is 2.97. The lowest BCUT2D eigenvalue weighted by Gasteiger charge is -1.96. The first-order valence-corrected chi connectivity index (χ1v) is 4.55. The van der Waals surface area contributed by atoms with Crippen LogP contribution in [0, 0.1) is 0 Å². The van der Waals surface area contributed by atoms with E-state index < -0.39 is 0 Å². The number of methoxy groups -OCH3 is 1. The highest BCUT2D eigenvalue weighted by Gasteiger charge is 1.93. The second-order valence-corrected chi connectivity index (χ2v) is 2.97. The summed E-state index contributed by atoms with van der Waals surface area (Å²) in [6.45, 7) is 0. The molecule has 0 radical (unpaired) electrons. The molecule has 1 aromatic rings. The van der Waals surface area contributed by atoms with E-state index in [2.05, 4.69) is 4.74 Å². The summed E-state index contributed by atoms with van der Waals surface area (Å²) in [6.07, 6.45) is 4.30. The summed E-state index contributed by atoms with van der Waals surface area (Å²) in [7, 11) is 1.33. The quantitative estimate of drug-likeness (QED) is 0.425. The standard InChI is InChI=1S/C12H12O3/c1-15-12(14)7-6-10-2-4-11(5-3-10)8-9-13/h2-7,9H,8H2,1H3. The molecule has 0 spiro atoms. The van der Waals surface area contributed by atoms with Gasteiger partial charge < -0.3 is 9.53 Å². The van der Waals surface area contributed by atoms with E-state index >= 15 is 0 Å². The molecular weight excluding hydrogens is 192 g/mol. The van der Waals surface area contributed by atoms with Crippen molar-refractivity contribution in [2.75, 3.05) is 7.11 Å². The summed E-state index contributed by atoms with van der Waals surface area (Å²) < 4.78 is 4.46. The fourth-order valence-corrected chi connectivity index (χ4v) is 1.09. The van der Waals surface area contributed by atoms with Gasteiger partial charge in [0.25, 0.3) is 0 Å². The summed E-state index contributed by atoms with van der Waals surface area (Å²) >= 11 is 0. The Labute approximate surface area is 88.4 Å². The molecule has 15 heavy (non-hydrogen) atoms. The van der Waals surface area contributed by atoms with Crippen LogP contribution in [-0.2, 0) is 20.7 Å². The lowest BCUT2D eigenvalue weighted by atomic mass is 10.1. The fraction of sp³-hybridized carbons (Fsp3) is 0.167. The molecule has 0 heterocycles. The van der Waals surface area contributed by atoms with Crippen molar-refractivity contribution in [2.45, 2.75) is 6.42 Å². The van der Waals surface area contributed by atoms with Gasteiger partial charge in [0.15, 0.2) is 0 Å². The van der Waals surface area contributed by atoms with E-state index in [1.807, 2.05) is 24.3 Å². The third kappa shape index (κ3) is 3.77. The van der Waals surface area contributed by atoms with Gasteiger partial charge in [0.1, 0.15) is 6.29 Å². The van der Waals surface area contributed by atoms with Crippen LogP contribution in [0.1, 0.15) is 11.1 Å². The van der Waals surface area contributed by atoms with Gasteiger partial charge in [0.2, 0.25) is 0 Å². The molecule has 0 aliphatic rings. The van der Waals surface area contributed by atoms with Gasteiger partial charge in [-0.1, -0.05) is 24.3 Å². The third-order valence-electron chi connectivity index (χ3n) is 1.91. The summed E-state index contributed by atoms with van der Waals surface area (Å²) in [5.74, 6) is -0.382. The van der Waals surface area contributed by atoms with Crippen LogP contribution in [0.4, 0.5) is 0 Å². The number of hydrogen-bond donors (Lipinski definition) is 0. The van der Waals surface area contributed by atoms with Crippen LogP contribution >= 0.6 is 0 Å². The minimum absolute atomic E-state index is 0.382. The van der Waals surface area contributed by atoms with E-state index in [-0.39, 0.29) is 5.97 Å². The summed E-state index contributed by atoms with van der Waals surface area (Å²) in [5, 5.41) is 0. The Morgan fingerprint density at radius 1 is 1.33 bits per heavy atom. The third-order valence-corrected chi connectivity index (χ3v) is 1.91. The molecule has 78 valence electrons. The molecule has 0 saturated carbocycles. The van der Waals surface area contributed by atoms with Crippen molar-refractivity contribution in [3.63, 3.8) is 0 Å². The Kier molecular flexibility index (Phi) is 4.29. The van der Waals surface area contributed by atoms with Crippen LogP contribution in [0.15, 0.2) is 30.3 Å². The summed E-state index contributed by atoms with van der Waals surface area (Å²) in [6, 6.07) is 7.40. The molecule has 3 nitrogen and oxygen atoms in total. The topological polar surface area (TPSA) is 43.4 Å². The van der Waals surface area contributed by atoms with E-state index in [0.29, 0.717) is 6.42 Å². The first-order chi connectivity index (χ1) is 7.26. The lowest BCUT2D eigenvalue weighted by molar-refractivity contribution is -0.134. The first-order valence-electron chi connectivity index (χ1n) is 4.55. The molecule has 0 atom stereocenters. The van der Waals surface area contributed by atoms with Crippen molar-refractivity contribution in [3.8, 4) is 0 Å². The maximum atomic E-state index is 10.8. The zero-order valence-corrected chi connectivity index (χ0v) is 8.47. The molecule has 1 aromatic carbocycles. The van der Waals surface area contributed by atoms with Crippen molar-refractivity contribution in [1.82, 2.24) is 0 Å². The van der Waals surface area contributed by atoms with E-state index in [0.717, 1.165) is 17.4 Å². The second kappa shape index (κ2) is 5.75. The van der Waals surface area contributed by atoms with E-state index in [1.54, 1.807) is 6.08 Å². The van der Waals surface area contributed by atoms with Gasteiger partial charge in [-0.25, -0.2) is 4.79 Å². The van der Waals surface area contributed by atoms with Crippen LogP contribution in [0.25, 0.3) is 6.08 Å². The van der Waals surface area contributed by atoms with Crippen molar-refractivity contribution < 1.29 is 14.3 Å². The van der Waals surface area contributed by atoms with Crippen molar-refractivity contribution >= 4 is 18.3 Å². The molecule has 0 aliphatic heterocycles. The van der Waals surface area contributed by atoms with Crippen LogP contribution < -0.4 is 0 Å². The number of carbonyl (C=O) groups is 2. The number of benzene rings is 1. The van der Waals surface area contributed by atoms with Gasteiger partial charge in [-0.3, -0.25) is 0 Å². The maximum absolute atomic E-state index is 10.8. The van der Waals surface area contributed by atoms with Crippen LogP contribution in [0.5, 0.6) is 0 Å². The smallest absolute Gasteiger partial charge is 0.330 e. The Hall–Kier alpha value is -1.90. The minimum Gasteiger partial charge on any atom is -0.466 e. The van der Waals surface area contributed by atoms with E-state index in [1.165, 1.54) is 13.2 Å². The summed E-state index contributed by atoms with van der Waals surface area (Å²) in [4.78, 5) is 21.0. The number of esters is 1. The molecule has 0 saturated heterocycles. The summed E-state index contributed by atoms with van der Waals surface area (Å²) in [5.41, 5.74) is 1.86. The number of hydrogen-bond acceptors (Lipinski definition) is 3. The van der Waals surface area contributed by atoms with Gasteiger partial charge >= 0.3 is 5.97 Å². The number of rotatable bonds is 4. The highest BCUT2D eigenvalue weighted by molar-refractivity contribution is 5.86. The largest absolute Gasteiger partial charge is 0.466 e. The SMILES string of the molecule is COC(=O)C=Cc1ccc(CC=O)cc1. The van der Waals surface area contributed by atoms with Gasteiger partial charge in [-0.15, -0.1) is 0 Å². The van der Waals surface area contributed by atoms with Gasteiger partial charge in [0.05, 0.1) is 7.11 Å². The van der Waals surface area contributed by atoms with Crippen molar-refractivity contribution in [2.24, 2.45) is 0 Å². The maximum Gasteiger partial charge on any atom is 0.330 e. The molecular formula is C12H12O3. The molecule has 0 N–H and O–H groups in total. The van der Waals surface area contributed by atoms with Crippen LogP contribution in [0.2, 0.25) is 0 Å². The Balaban J connectivity index is 2.67. The first kappa shape index (κ1) is 11.2. The number of carbonyl (C=O) groups excluding carboxylic acids is 2. The molecule has 0 bridgehead atoms.